The van der Waals surface area contributed by atoms with Gasteiger partial charge in [0.1, 0.15) is 0 Å². The number of fused-ring (bicyclic) bond motifs is 8. The van der Waals surface area contributed by atoms with E-state index in [0.29, 0.717) is 0 Å². The van der Waals surface area contributed by atoms with E-state index in [9.17, 15) is 4.79 Å². The van der Waals surface area contributed by atoms with Crippen LogP contribution >= 0.6 is 0 Å². The van der Waals surface area contributed by atoms with Gasteiger partial charge in [0, 0.05) is 56.0 Å². The van der Waals surface area contributed by atoms with Crippen molar-refractivity contribution in [1.29, 1.82) is 0 Å². The van der Waals surface area contributed by atoms with E-state index in [0.717, 1.165) is 89.4 Å². The zero-order chi connectivity index (χ0) is 35.7. The Morgan fingerprint density at radius 1 is 0.509 bits per heavy atom. The Balaban J connectivity index is 1.44. The molecule has 7 aromatic rings. The summed E-state index contributed by atoms with van der Waals surface area (Å²) in [6.45, 7) is 0.0906. The number of hydrogen-bond donors (Lipinski definition) is 2. The molecule has 0 amide bonds. The van der Waals surface area contributed by atoms with E-state index in [1.807, 2.05) is 47.3 Å². The maximum atomic E-state index is 12.3. The fourth-order valence-corrected chi connectivity index (χ4v) is 7.22. The number of hydrogen-bond acceptors (Lipinski definition) is 4. The second-order valence-corrected chi connectivity index (χ2v) is 12.9. The lowest BCUT2D eigenvalue weighted by Gasteiger charge is -2.06. The van der Waals surface area contributed by atoms with Crippen LogP contribution in [-0.4, -0.2) is 33.0 Å². The molecule has 4 aromatic heterocycles. The number of carbonyl (C=O) groups is 1. The molecule has 7 heteroatoms. The minimum absolute atomic E-state index is 0.0906. The molecule has 53 heavy (non-hydrogen) atoms. The molecule has 0 atom stereocenters. The van der Waals surface area contributed by atoms with Crippen LogP contribution in [0.2, 0.25) is 0 Å². The van der Waals surface area contributed by atoms with Crippen molar-refractivity contribution in [2.45, 2.75) is 6.54 Å². The van der Waals surface area contributed by atoms with Crippen LogP contribution in [0.3, 0.4) is 0 Å². The van der Waals surface area contributed by atoms with E-state index in [1.165, 1.54) is 7.11 Å². The van der Waals surface area contributed by atoms with Gasteiger partial charge in [-0.15, -0.1) is 0 Å². The third-order valence-corrected chi connectivity index (χ3v) is 9.63. The summed E-state index contributed by atoms with van der Waals surface area (Å²) >= 11 is 0. The van der Waals surface area contributed by atoms with Crippen LogP contribution in [0.5, 0.6) is 0 Å². The van der Waals surface area contributed by atoms with Gasteiger partial charge < -0.3 is 14.7 Å². The Hall–Kier alpha value is -7.12. The summed E-state index contributed by atoms with van der Waals surface area (Å²) < 4.78 is 6.81. The molecule has 2 aliphatic heterocycles. The first-order valence-electron chi connectivity index (χ1n) is 17.5. The number of nitrogens with zero attached hydrogens (tertiary/aromatic N) is 3. The number of methoxy groups -OCH3 is 1. The number of rotatable bonds is 6. The van der Waals surface area contributed by atoms with Gasteiger partial charge >= 0.3 is 5.97 Å². The van der Waals surface area contributed by atoms with Crippen LogP contribution < -0.4 is 4.57 Å². The van der Waals surface area contributed by atoms with Crippen molar-refractivity contribution >= 4 is 52.3 Å². The minimum Gasteiger partial charge on any atom is -0.464 e. The molecule has 6 heterocycles. The third kappa shape index (κ3) is 6.04. The molecular formula is C46H34N5O2+. The number of H-pyrrole nitrogens is 2. The van der Waals surface area contributed by atoms with E-state index in [1.54, 1.807) is 0 Å². The highest BCUT2D eigenvalue weighted by atomic mass is 16.5. The molecule has 0 radical (unpaired) electrons. The van der Waals surface area contributed by atoms with Crippen molar-refractivity contribution in [3.8, 4) is 44.5 Å². The maximum absolute atomic E-state index is 12.3. The van der Waals surface area contributed by atoms with Gasteiger partial charge in [-0.3, -0.25) is 0 Å². The topological polar surface area (TPSA) is 87.5 Å². The van der Waals surface area contributed by atoms with Crippen molar-refractivity contribution < 1.29 is 14.1 Å². The molecule has 0 spiro atoms. The molecule has 7 nitrogen and oxygen atoms in total. The van der Waals surface area contributed by atoms with Gasteiger partial charge in [-0.05, 0) is 71.3 Å². The first-order chi connectivity index (χ1) is 26.1. The van der Waals surface area contributed by atoms with Gasteiger partial charge in [-0.25, -0.2) is 14.8 Å². The zero-order valence-electron chi connectivity index (χ0n) is 29.0. The highest BCUT2D eigenvalue weighted by molar-refractivity contribution is 5.99. The number of esters is 1. The number of benzene rings is 3. The van der Waals surface area contributed by atoms with Gasteiger partial charge in [0.15, 0.2) is 12.4 Å². The van der Waals surface area contributed by atoms with Crippen LogP contribution in [0, 0.1) is 0 Å². The van der Waals surface area contributed by atoms with Crippen LogP contribution in [-0.2, 0) is 16.1 Å². The first kappa shape index (κ1) is 31.8. The number of pyridine rings is 1. The Kier molecular flexibility index (Phi) is 8.13. The van der Waals surface area contributed by atoms with Crippen LogP contribution in [0.15, 0.2) is 140 Å². The van der Waals surface area contributed by atoms with Gasteiger partial charge in [0.05, 0.1) is 29.9 Å². The molecular weight excluding hydrogens is 655 g/mol. The quantitative estimate of drug-likeness (QED) is 0.135. The van der Waals surface area contributed by atoms with Crippen molar-refractivity contribution in [3.05, 3.63) is 163 Å². The lowest BCUT2D eigenvalue weighted by molar-refractivity contribution is -0.685. The van der Waals surface area contributed by atoms with Gasteiger partial charge in [0.2, 0.25) is 6.54 Å². The second kappa shape index (κ2) is 13.5. The zero-order valence-corrected chi connectivity index (χ0v) is 29.0. The molecule has 254 valence electrons. The van der Waals surface area contributed by atoms with Gasteiger partial charge in [-0.1, -0.05) is 91.0 Å². The maximum Gasteiger partial charge on any atom is 0.372 e. The SMILES string of the molecule is COC(=O)C[n+]1cccc(-c2c3nc(c(-c4ccccc4)c4ccc([nH]4)c(-c4ccccc4)c4nc(c(-c5ccccc5)c5ccc2[nH]5)C=C4)C=C3)c1. The lowest BCUT2D eigenvalue weighted by atomic mass is 10.0. The second-order valence-electron chi connectivity index (χ2n) is 12.9. The molecule has 2 aliphatic rings. The van der Waals surface area contributed by atoms with Gasteiger partial charge in [-0.2, -0.15) is 4.57 Å². The summed E-state index contributed by atoms with van der Waals surface area (Å²) in [7, 11) is 1.40. The monoisotopic (exact) mass is 688 g/mol. The molecule has 2 N–H and O–H groups in total. The third-order valence-electron chi connectivity index (χ3n) is 9.63. The number of aromatic amines is 2. The summed E-state index contributed by atoms with van der Waals surface area (Å²) in [5.41, 5.74) is 15.0. The molecule has 0 saturated carbocycles. The van der Waals surface area contributed by atoms with E-state index in [4.69, 9.17) is 14.7 Å². The molecule has 3 aromatic carbocycles. The lowest BCUT2D eigenvalue weighted by Crippen LogP contribution is -2.37. The van der Waals surface area contributed by atoms with Crippen molar-refractivity contribution in [2.75, 3.05) is 7.11 Å². The summed E-state index contributed by atoms with van der Waals surface area (Å²) in [6, 6.07) is 43.6. The van der Waals surface area contributed by atoms with E-state index < -0.39 is 0 Å². The van der Waals surface area contributed by atoms with Crippen LogP contribution in [0.4, 0.5) is 0 Å². The molecule has 0 aliphatic carbocycles. The Morgan fingerprint density at radius 2 is 0.868 bits per heavy atom. The highest BCUT2D eigenvalue weighted by Gasteiger charge is 2.20. The average molecular weight is 689 g/mol. The number of aromatic nitrogens is 5. The normalized spacial score (nSPS) is 11.9. The van der Waals surface area contributed by atoms with E-state index in [-0.39, 0.29) is 12.5 Å². The summed E-state index contributed by atoms with van der Waals surface area (Å²) in [5.74, 6) is -0.324. The van der Waals surface area contributed by atoms with Crippen molar-refractivity contribution in [2.24, 2.45) is 0 Å². The minimum atomic E-state index is -0.324. The fourth-order valence-electron chi connectivity index (χ4n) is 7.22. The predicted octanol–water partition coefficient (Wildman–Crippen LogP) is 9.78. The van der Waals surface area contributed by atoms with Crippen molar-refractivity contribution in [3.63, 3.8) is 0 Å². The summed E-state index contributed by atoms with van der Waals surface area (Å²) in [6.07, 6.45) is 12.2. The number of carbonyl (C=O) groups excluding carboxylic acids is 1. The fraction of sp³-hybridized carbons (Fsp3) is 0.0435. The molecule has 0 unspecified atom stereocenters. The van der Waals surface area contributed by atoms with Crippen LogP contribution in [0.25, 0.3) is 90.9 Å². The largest absolute Gasteiger partial charge is 0.464 e. The summed E-state index contributed by atoms with van der Waals surface area (Å²) in [4.78, 5) is 30.6. The first-order valence-corrected chi connectivity index (χ1v) is 17.5. The standard InChI is InChI=1S/C46H34N5O2/c1-53-42(52)29-51-27-11-18-33(28-51)46-40-25-23-38(49-40)44(31-14-7-3-8-15-31)36-21-19-34(47-36)43(30-12-5-2-6-13-30)35-20-22-37(48-35)45(32-16-9-4-10-17-32)39-24-26-41(46)50-39/h2-28,47,50H,29H2,1H3/q+1. The molecule has 8 bridgehead atoms. The number of ether oxygens (including phenoxy) is 1. The van der Waals surface area contributed by atoms with E-state index in [2.05, 4.69) is 131 Å². The molecule has 9 rings (SSSR count). The summed E-state index contributed by atoms with van der Waals surface area (Å²) in [5, 5.41) is 0. The molecule has 0 fully saturated rings. The van der Waals surface area contributed by atoms with Gasteiger partial charge in [0.25, 0.3) is 0 Å². The highest BCUT2D eigenvalue weighted by Crippen LogP contribution is 2.38. The van der Waals surface area contributed by atoms with E-state index >= 15 is 0 Å². The smallest absolute Gasteiger partial charge is 0.372 e. The van der Waals surface area contributed by atoms with Crippen LogP contribution in [0.1, 0.15) is 22.8 Å². The Bertz CT molecular complexity index is 2710. The Morgan fingerprint density at radius 3 is 1.25 bits per heavy atom. The molecule has 0 saturated heterocycles. The predicted molar refractivity (Wildman–Crippen MR) is 213 cm³/mol. The Labute approximate surface area is 306 Å². The van der Waals surface area contributed by atoms with Crippen molar-refractivity contribution in [1.82, 2.24) is 19.9 Å². The number of nitrogens with one attached hydrogen (secondary N) is 2. The average Bonchev–Trinajstić information content (AvgIpc) is 4.04.